The summed E-state index contributed by atoms with van der Waals surface area (Å²) in [4.78, 5) is 41.3. The van der Waals surface area contributed by atoms with Gasteiger partial charge in [-0.2, -0.15) is 0 Å². The third kappa shape index (κ3) is 4.83. The van der Waals surface area contributed by atoms with E-state index >= 15 is 0 Å². The van der Waals surface area contributed by atoms with Crippen molar-refractivity contribution < 1.29 is 14.3 Å². The predicted octanol–water partition coefficient (Wildman–Crippen LogP) is 2.58. The number of fused-ring (bicyclic) bond motifs is 1. The number of hydrogen-bond acceptors (Lipinski definition) is 6. The van der Waals surface area contributed by atoms with Crippen LogP contribution in [0.2, 0.25) is 0 Å². The number of aromatic nitrogens is 2. The zero-order valence-electron chi connectivity index (χ0n) is 15.5. The number of nitrogens with zero attached hydrogens (tertiary/aromatic N) is 2. The number of thiophene rings is 1. The number of esters is 1. The number of nitrogens with one attached hydrogen (secondary N) is 1. The summed E-state index contributed by atoms with van der Waals surface area (Å²) in [6, 6.07) is 11.7. The Morgan fingerprint density at radius 2 is 2.04 bits per heavy atom. The molecule has 0 unspecified atom stereocenters. The van der Waals surface area contributed by atoms with Gasteiger partial charge >= 0.3 is 5.97 Å². The van der Waals surface area contributed by atoms with Crippen molar-refractivity contribution in [2.45, 2.75) is 26.3 Å². The van der Waals surface area contributed by atoms with E-state index < -0.39 is 0 Å². The highest BCUT2D eigenvalue weighted by atomic mass is 32.1. The highest BCUT2D eigenvalue weighted by Crippen LogP contribution is 2.30. The molecule has 1 aromatic carbocycles. The third-order valence-corrected chi connectivity index (χ3v) is 5.22. The number of ether oxygens (including phenoxy) is 1. The molecule has 0 bridgehead atoms. The van der Waals surface area contributed by atoms with Gasteiger partial charge in [0.2, 0.25) is 5.91 Å². The fraction of sp³-hybridized carbons (Fsp3) is 0.300. The molecule has 1 N–H and O–H groups in total. The van der Waals surface area contributed by atoms with Gasteiger partial charge in [0.1, 0.15) is 11.2 Å². The Bertz CT molecular complexity index is 1030. The maximum Gasteiger partial charge on any atom is 0.305 e. The summed E-state index contributed by atoms with van der Waals surface area (Å²) in [5, 5.41) is 2.70. The molecule has 0 saturated heterocycles. The van der Waals surface area contributed by atoms with Crippen LogP contribution in [0.4, 0.5) is 0 Å². The van der Waals surface area contributed by atoms with Crippen LogP contribution >= 0.6 is 11.3 Å². The topological polar surface area (TPSA) is 90.3 Å². The zero-order valence-corrected chi connectivity index (χ0v) is 16.3. The van der Waals surface area contributed by atoms with Gasteiger partial charge in [-0.1, -0.05) is 30.3 Å². The van der Waals surface area contributed by atoms with Gasteiger partial charge in [0.25, 0.3) is 5.56 Å². The molecule has 7 nitrogen and oxygen atoms in total. The van der Waals surface area contributed by atoms with E-state index in [1.165, 1.54) is 22.2 Å². The molecule has 0 aliphatic carbocycles. The predicted molar refractivity (Wildman–Crippen MR) is 108 cm³/mol. The van der Waals surface area contributed by atoms with E-state index in [9.17, 15) is 14.4 Å². The number of hydrogen-bond donors (Lipinski definition) is 1. The molecular formula is C20H21N3O4S. The van der Waals surface area contributed by atoms with Gasteiger partial charge in [-0.05, 0) is 25.0 Å². The molecule has 2 heterocycles. The average Bonchev–Trinajstić information content (AvgIpc) is 3.14. The molecule has 1 amide bonds. The summed E-state index contributed by atoms with van der Waals surface area (Å²) in [6.45, 7) is 2.33. The molecule has 146 valence electrons. The SMILES string of the molecule is CCOC(=O)CCCNC(=O)Cn1cnc2cc(-c3ccccc3)sc2c1=O. The van der Waals surface area contributed by atoms with Gasteiger partial charge in [0, 0.05) is 17.8 Å². The Labute approximate surface area is 166 Å². The molecular weight excluding hydrogens is 378 g/mol. The van der Waals surface area contributed by atoms with Crippen molar-refractivity contribution >= 4 is 33.4 Å². The second kappa shape index (κ2) is 9.27. The van der Waals surface area contributed by atoms with Crippen molar-refractivity contribution in [2.24, 2.45) is 0 Å². The standard InChI is InChI=1S/C20H21N3O4S/c1-2-27-18(25)9-6-10-21-17(24)12-23-13-22-15-11-16(28-19(15)20(23)26)14-7-4-3-5-8-14/h3-5,7-8,11,13H,2,6,9-10,12H2,1H3,(H,21,24). The molecule has 0 radical (unpaired) electrons. The second-order valence-corrected chi connectivity index (χ2v) is 7.18. The average molecular weight is 399 g/mol. The van der Waals surface area contributed by atoms with Crippen LogP contribution in [0.25, 0.3) is 20.7 Å². The Kier molecular flexibility index (Phi) is 6.54. The van der Waals surface area contributed by atoms with Crippen LogP contribution < -0.4 is 10.9 Å². The van der Waals surface area contributed by atoms with Crippen molar-refractivity contribution in [3.8, 4) is 10.4 Å². The summed E-state index contributed by atoms with van der Waals surface area (Å²) in [5.74, 6) is -0.582. The molecule has 0 saturated carbocycles. The molecule has 28 heavy (non-hydrogen) atoms. The van der Waals surface area contributed by atoms with Gasteiger partial charge in [-0.3, -0.25) is 19.0 Å². The van der Waals surface area contributed by atoms with E-state index in [2.05, 4.69) is 10.3 Å². The lowest BCUT2D eigenvalue weighted by molar-refractivity contribution is -0.143. The summed E-state index contributed by atoms with van der Waals surface area (Å²) < 4.78 is 6.66. The van der Waals surface area contributed by atoms with Crippen LogP contribution in [0.15, 0.2) is 47.5 Å². The Balaban J connectivity index is 1.64. The minimum absolute atomic E-state index is 0.111. The van der Waals surface area contributed by atoms with Gasteiger partial charge < -0.3 is 10.1 Å². The van der Waals surface area contributed by atoms with Crippen molar-refractivity contribution in [1.29, 1.82) is 0 Å². The van der Waals surface area contributed by atoms with E-state index in [4.69, 9.17) is 4.74 Å². The van der Waals surface area contributed by atoms with Crippen LogP contribution in [0, 0.1) is 0 Å². The maximum absolute atomic E-state index is 12.7. The lowest BCUT2D eigenvalue weighted by Gasteiger charge is -2.07. The van der Waals surface area contributed by atoms with Gasteiger partial charge in [0.15, 0.2) is 0 Å². The summed E-state index contributed by atoms with van der Waals surface area (Å²) in [5.41, 5.74) is 1.41. The number of carbonyl (C=O) groups excluding carboxylic acids is 2. The van der Waals surface area contributed by atoms with E-state index in [1.807, 2.05) is 36.4 Å². The fourth-order valence-corrected chi connectivity index (χ4v) is 3.77. The lowest BCUT2D eigenvalue weighted by Crippen LogP contribution is -2.33. The molecule has 3 rings (SSSR count). The monoisotopic (exact) mass is 399 g/mol. The van der Waals surface area contributed by atoms with Crippen LogP contribution in [-0.2, 0) is 20.9 Å². The number of benzene rings is 1. The second-order valence-electron chi connectivity index (χ2n) is 6.13. The van der Waals surface area contributed by atoms with E-state index in [-0.39, 0.29) is 30.4 Å². The van der Waals surface area contributed by atoms with Gasteiger partial charge in [-0.25, -0.2) is 4.98 Å². The van der Waals surface area contributed by atoms with E-state index in [0.717, 1.165) is 10.4 Å². The largest absolute Gasteiger partial charge is 0.466 e. The number of rotatable bonds is 8. The van der Waals surface area contributed by atoms with Gasteiger partial charge in [0.05, 0.1) is 18.5 Å². The summed E-state index contributed by atoms with van der Waals surface area (Å²) in [6.07, 6.45) is 2.13. The first kappa shape index (κ1) is 19.8. The fourth-order valence-electron chi connectivity index (χ4n) is 2.71. The maximum atomic E-state index is 12.7. The minimum atomic E-state index is -0.299. The molecule has 0 spiro atoms. The van der Waals surface area contributed by atoms with Gasteiger partial charge in [-0.15, -0.1) is 11.3 Å². The molecule has 0 aliphatic heterocycles. The molecule has 8 heteroatoms. The number of carbonyl (C=O) groups is 2. The van der Waals surface area contributed by atoms with Crippen molar-refractivity contribution in [1.82, 2.24) is 14.9 Å². The Hall–Kier alpha value is -3.00. The normalized spacial score (nSPS) is 10.8. The van der Waals surface area contributed by atoms with Crippen molar-refractivity contribution in [2.75, 3.05) is 13.2 Å². The highest BCUT2D eigenvalue weighted by Gasteiger charge is 2.12. The summed E-state index contributed by atoms with van der Waals surface area (Å²) in [7, 11) is 0. The van der Waals surface area contributed by atoms with Crippen molar-refractivity contribution in [3.63, 3.8) is 0 Å². The first-order valence-electron chi connectivity index (χ1n) is 9.05. The summed E-state index contributed by atoms with van der Waals surface area (Å²) >= 11 is 1.37. The van der Waals surface area contributed by atoms with Crippen LogP contribution in [0.1, 0.15) is 19.8 Å². The molecule has 0 atom stereocenters. The molecule has 2 aromatic heterocycles. The minimum Gasteiger partial charge on any atom is -0.466 e. The third-order valence-electron chi connectivity index (χ3n) is 4.06. The highest BCUT2D eigenvalue weighted by molar-refractivity contribution is 7.22. The van der Waals surface area contributed by atoms with E-state index in [0.29, 0.717) is 29.8 Å². The lowest BCUT2D eigenvalue weighted by atomic mass is 10.2. The molecule has 0 aliphatic rings. The number of amides is 1. The smallest absolute Gasteiger partial charge is 0.305 e. The molecule has 3 aromatic rings. The van der Waals surface area contributed by atoms with E-state index in [1.54, 1.807) is 6.92 Å². The van der Waals surface area contributed by atoms with Crippen LogP contribution in [0.5, 0.6) is 0 Å². The van der Waals surface area contributed by atoms with Crippen LogP contribution in [0.3, 0.4) is 0 Å². The van der Waals surface area contributed by atoms with Crippen LogP contribution in [-0.4, -0.2) is 34.6 Å². The quantitative estimate of drug-likeness (QED) is 0.464. The first-order valence-corrected chi connectivity index (χ1v) is 9.87. The first-order chi connectivity index (χ1) is 13.6. The zero-order chi connectivity index (χ0) is 19.9. The Morgan fingerprint density at radius 3 is 2.79 bits per heavy atom. The van der Waals surface area contributed by atoms with Crippen molar-refractivity contribution in [3.05, 3.63) is 53.1 Å². The Morgan fingerprint density at radius 1 is 1.25 bits per heavy atom. The molecule has 0 fully saturated rings.